The Kier molecular flexibility index (Phi) is 5.11. The molecule has 1 aliphatic rings. The summed E-state index contributed by atoms with van der Waals surface area (Å²) in [6, 6.07) is 20.6. The Morgan fingerprint density at radius 2 is 0.800 bits per heavy atom. The highest BCUT2D eigenvalue weighted by Crippen LogP contribution is 2.54. The third kappa shape index (κ3) is 3.59. The predicted octanol–water partition coefficient (Wildman–Crippen LogP) is 4.39. The number of aryl methyl sites for hydroxylation is 3. The van der Waals surface area contributed by atoms with E-state index in [0.29, 0.717) is 0 Å². The quantitative estimate of drug-likeness (QED) is 0.590. The van der Waals surface area contributed by atoms with Gasteiger partial charge in [-0.2, -0.15) is 0 Å². The van der Waals surface area contributed by atoms with Gasteiger partial charge in [0.05, 0.1) is 20.3 Å². The van der Waals surface area contributed by atoms with Gasteiger partial charge in [-0.15, -0.1) is 0 Å². The Balaban J connectivity index is 1.81. The fourth-order valence-electron chi connectivity index (χ4n) is 3.93. The van der Waals surface area contributed by atoms with E-state index in [1.54, 1.807) is 48.5 Å². The average molecular weight is 441 g/mol. The number of benzene rings is 3. The monoisotopic (exact) mass is 440 g/mol. The van der Waals surface area contributed by atoms with Crippen molar-refractivity contribution in [1.29, 1.82) is 0 Å². The lowest BCUT2D eigenvalue weighted by atomic mass is 10.1. The number of sulfone groups is 2. The third-order valence-corrected chi connectivity index (χ3v) is 10.4. The van der Waals surface area contributed by atoms with E-state index in [1.807, 2.05) is 45.0 Å². The van der Waals surface area contributed by atoms with Gasteiger partial charge in [-0.3, -0.25) is 0 Å². The summed E-state index contributed by atoms with van der Waals surface area (Å²) < 4.78 is 53.7. The van der Waals surface area contributed by atoms with Crippen LogP contribution in [-0.4, -0.2) is 27.3 Å². The van der Waals surface area contributed by atoms with Crippen LogP contribution in [0.15, 0.2) is 82.6 Å². The van der Waals surface area contributed by atoms with Crippen LogP contribution in [0.1, 0.15) is 28.2 Å². The zero-order valence-corrected chi connectivity index (χ0v) is 18.7. The fraction of sp³-hybridized carbons (Fsp3) is 0.250. The minimum atomic E-state index is -3.82. The molecule has 0 aliphatic heterocycles. The molecule has 0 saturated heterocycles. The summed E-state index contributed by atoms with van der Waals surface area (Å²) in [6.07, 6.45) is 0. The van der Waals surface area contributed by atoms with Crippen molar-refractivity contribution in [3.8, 4) is 0 Å². The SMILES string of the molecule is Cc1ccc(C2C(S(=O)(=O)c3ccc(C)cc3)C2S(=O)(=O)c2ccc(C)cc2)cc1. The Morgan fingerprint density at radius 3 is 1.13 bits per heavy atom. The molecule has 1 saturated carbocycles. The normalized spacial score (nSPS) is 21.4. The molecule has 0 aromatic heterocycles. The molecule has 2 atom stereocenters. The average Bonchev–Trinajstić information content (AvgIpc) is 3.47. The lowest BCUT2D eigenvalue weighted by Crippen LogP contribution is -2.17. The van der Waals surface area contributed by atoms with Crippen molar-refractivity contribution in [1.82, 2.24) is 0 Å². The van der Waals surface area contributed by atoms with Crippen molar-refractivity contribution >= 4 is 19.7 Å². The molecule has 30 heavy (non-hydrogen) atoms. The summed E-state index contributed by atoms with van der Waals surface area (Å²) in [4.78, 5) is 0.327. The van der Waals surface area contributed by atoms with Gasteiger partial charge in [-0.1, -0.05) is 65.2 Å². The molecule has 6 heteroatoms. The lowest BCUT2D eigenvalue weighted by molar-refractivity contribution is 0.587. The first kappa shape index (κ1) is 20.8. The number of hydrogen-bond donors (Lipinski definition) is 0. The van der Waals surface area contributed by atoms with Crippen LogP contribution in [-0.2, 0) is 19.7 Å². The van der Waals surface area contributed by atoms with Crippen LogP contribution in [0.3, 0.4) is 0 Å². The molecule has 0 spiro atoms. The second-order valence-electron chi connectivity index (χ2n) is 8.08. The highest BCUT2D eigenvalue weighted by molar-refractivity contribution is 7.97. The number of hydrogen-bond acceptors (Lipinski definition) is 4. The molecule has 1 aliphatic carbocycles. The molecule has 0 N–H and O–H groups in total. The summed E-state index contributed by atoms with van der Waals surface area (Å²) in [5.74, 6) is -0.594. The molecule has 4 nitrogen and oxygen atoms in total. The maximum Gasteiger partial charge on any atom is 0.183 e. The Morgan fingerprint density at radius 1 is 0.500 bits per heavy atom. The van der Waals surface area contributed by atoms with E-state index in [2.05, 4.69) is 0 Å². The van der Waals surface area contributed by atoms with E-state index in [0.717, 1.165) is 22.3 Å². The van der Waals surface area contributed by atoms with Gasteiger partial charge in [-0.25, -0.2) is 16.8 Å². The van der Waals surface area contributed by atoms with Crippen LogP contribution in [0.4, 0.5) is 0 Å². The van der Waals surface area contributed by atoms with Gasteiger partial charge >= 0.3 is 0 Å². The summed E-state index contributed by atoms with van der Waals surface area (Å²) in [5.41, 5.74) is 3.67. The van der Waals surface area contributed by atoms with E-state index < -0.39 is 36.1 Å². The molecular weight excluding hydrogens is 416 g/mol. The molecule has 3 aromatic rings. The van der Waals surface area contributed by atoms with Crippen LogP contribution >= 0.6 is 0 Å². The van der Waals surface area contributed by atoms with E-state index in [4.69, 9.17) is 0 Å². The van der Waals surface area contributed by atoms with Crippen LogP contribution in [0.25, 0.3) is 0 Å². The zero-order valence-electron chi connectivity index (χ0n) is 17.1. The van der Waals surface area contributed by atoms with Gasteiger partial charge in [0.2, 0.25) is 0 Å². The van der Waals surface area contributed by atoms with E-state index >= 15 is 0 Å². The van der Waals surface area contributed by atoms with Gasteiger partial charge in [0.15, 0.2) is 19.7 Å². The summed E-state index contributed by atoms with van der Waals surface area (Å²) >= 11 is 0. The first-order chi connectivity index (χ1) is 14.1. The summed E-state index contributed by atoms with van der Waals surface area (Å²) in [6.45, 7) is 5.71. The van der Waals surface area contributed by atoms with Crippen molar-refractivity contribution in [3.05, 3.63) is 95.1 Å². The standard InChI is InChI=1S/C24H24O4S2/c1-16-4-10-19(11-5-16)22-23(29(25,26)20-12-6-17(2)7-13-20)24(22)30(27,28)21-14-8-18(3)9-15-21/h4-15,22-24H,1-3H3. The first-order valence-electron chi connectivity index (χ1n) is 9.80. The molecule has 4 rings (SSSR count). The fourth-order valence-corrected chi connectivity index (χ4v) is 8.86. The summed E-state index contributed by atoms with van der Waals surface area (Å²) in [5, 5.41) is -2.01. The zero-order chi connectivity index (χ0) is 21.7. The molecule has 156 valence electrons. The van der Waals surface area contributed by atoms with Crippen molar-refractivity contribution in [2.45, 2.75) is 47.0 Å². The maximum atomic E-state index is 13.4. The highest BCUT2D eigenvalue weighted by atomic mass is 32.2. The largest absolute Gasteiger partial charge is 0.223 e. The van der Waals surface area contributed by atoms with Crippen LogP contribution < -0.4 is 0 Å². The topological polar surface area (TPSA) is 68.3 Å². The van der Waals surface area contributed by atoms with Gasteiger partial charge in [0.1, 0.15) is 0 Å². The molecule has 3 aromatic carbocycles. The van der Waals surface area contributed by atoms with Gasteiger partial charge in [-0.05, 0) is 50.6 Å². The smallest absolute Gasteiger partial charge is 0.183 e. The molecule has 0 heterocycles. The first-order valence-corrected chi connectivity index (χ1v) is 12.9. The van der Waals surface area contributed by atoms with E-state index in [9.17, 15) is 16.8 Å². The maximum absolute atomic E-state index is 13.4. The molecule has 0 amide bonds. The molecule has 2 unspecified atom stereocenters. The minimum Gasteiger partial charge on any atom is -0.223 e. The van der Waals surface area contributed by atoms with Gasteiger partial charge in [0, 0.05) is 5.92 Å². The van der Waals surface area contributed by atoms with Crippen LogP contribution in [0, 0.1) is 20.8 Å². The van der Waals surface area contributed by atoms with Crippen LogP contribution in [0.2, 0.25) is 0 Å². The predicted molar refractivity (Wildman–Crippen MR) is 118 cm³/mol. The van der Waals surface area contributed by atoms with Crippen molar-refractivity contribution in [2.24, 2.45) is 0 Å². The van der Waals surface area contributed by atoms with E-state index in [1.165, 1.54) is 0 Å². The van der Waals surface area contributed by atoms with Gasteiger partial charge < -0.3 is 0 Å². The third-order valence-electron chi connectivity index (χ3n) is 5.77. The summed E-state index contributed by atoms with van der Waals surface area (Å²) in [7, 11) is -7.64. The lowest BCUT2D eigenvalue weighted by Gasteiger charge is -2.06. The van der Waals surface area contributed by atoms with Crippen molar-refractivity contribution in [3.63, 3.8) is 0 Å². The molecule has 0 bridgehead atoms. The highest BCUT2D eigenvalue weighted by Gasteiger charge is 2.65. The Hall–Kier alpha value is -2.44. The van der Waals surface area contributed by atoms with Crippen molar-refractivity contribution in [2.75, 3.05) is 0 Å². The second-order valence-corrected chi connectivity index (χ2v) is 12.3. The number of rotatable bonds is 5. The van der Waals surface area contributed by atoms with E-state index in [-0.39, 0.29) is 9.79 Å². The Bertz CT molecular complexity index is 1190. The molecular formula is C24H24O4S2. The Labute approximate surface area is 178 Å². The molecule has 0 radical (unpaired) electrons. The minimum absolute atomic E-state index is 0.164. The molecule has 1 fully saturated rings. The van der Waals surface area contributed by atoms with Crippen LogP contribution in [0.5, 0.6) is 0 Å². The van der Waals surface area contributed by atoms with Gasteiger partial charge in [0.25, 0.3) is 0 Å². The second kappa shape index (κ2) is 7.36. The van der Waals surface area contributed by atoms with Crippen molar-refractivity contribution < 1.29 is 16.8 Å².